The number of benzene rings is 2. The molecule has 0 aliphatic carbocycles. The van der Waals surface area contributed by atoms with Gasteiger partial charge in [-0.3, -0.25) is 4.90 Å². The maximum absolute atomic E-state index is 5.46. The fourth-order valence-corrected chi connectivity index (χ4v) is 3.13. The zero-order chi connectivity index (χ0) is 18.8. The van der Waals surface area contributed by atoms with Crippen molar-refractivity contribution >= 4 is 17.3 Å². The van der Waals surface area contributed by atoms with E-state index in [1.807, 2.05) is 24.3 Å². The lowest BCUT2D eigenvalue weighted by molar-refractivity contribution is 0.219. The Balaban J connectivity index is 1.89. The fourth-order valence-electron chi connectivity index (χ4n) is 2.97. The summed E-state index contributed by atoms with van der Waals surface area (Å²) in [6.07, 6.45) is 0. The second-order valence-corrected chi connectivity index (χ2v) is 6.47. The van der Waals surface area contributed by atoms with Crippen LogP contribution in [0.25, 0.3) is 0 Å². The Labute approximate surface area is 162 Å². The quantitative estimate of drug-likeness (QED) is 0.657. The van der Waals surface area contributed by atoms with Gasteiger partial charge < -0.3 is 15.4 Å². The van der Waals surface area contributed by atoms with E-state index in [9.17, 15) is 0 Å². The molecule has 26 heavy (non-hydrogen) atoms. The van der Waals surface area contributed by atoms with E-state index in [1.54, 1.807) is 7.11 Å². The number of ether oxygens (including phenoxy) is 1. The number of nitrogens with one attached hydrogen (secondary N) is 2. The molecule has 0 amide bonds. The number of methoxy groups -OCH3 is 1. The lowest BCUT2D eigenvalue weighted by Crippen LogP contribution is -2.41. The van der Waals surface area contributed by atoms with Gasteiger partial charge in [-0.2, -0.15) is 0 Å². The predicted octanol–water partition coefficient (Wildman–Crippen LogP) is 3.74. The number of rotatable bonds is 9. The molecule has 0 aliphatic heterocycles. The molecule has 0 fully saturated rings. The minimum absolute atomic E-state index is 0.298. The summed E-state index contributed by atoms with van der Waals surface area (Å²) in [4.78, 5) is 2.44. The summed E-state index contributed by atoms with van der Waals surface area (Å²) < 4.78 is 5.18. The molecule has 0 spiro atoms. The Morgan fingerprint density at radius 1 is 1.00 bits per heavy atom. The summed E-state index contributed by atoms with van der Waals surface area (Å²) in [5.41, 5.74) is 2.47. The maximum atomic E-state index is 5.46. The zero-order valence-electron chi connectivity index (χ0n) is 15.9. The van der Waals surface area contributed by atoms with Crippen LogP contribution in [0, 0.1) is 0 Å². The second kappa shape index (κ2) is 10.8. The van der Waals surface area contributed by atoms with Crippen LogP contribution < -0.4 is 15.4 Å². The van der Waals surface area contributed by atoms with Crippen LogP contribution >= 0.6 is 12.2 Å². The second-order valence-electron chi connectivity index (χ2n) is 6.06. The standard InChI is InChI=1S/C21H29N3OS/c1-4-24(5-2)20(18-9-7-6-8-10-18)16-23-21(26)22-15-17-11-13-19(25-3)14-12-17/h6-14,20H,4-5,15-16H2,1-3H3,(H2,22,23,26)/t20-/m1/s1. The van der Waals surface area contributed by atoms with E-state index in [4.69, 9.17) is 17.0 Å². The molecule has 2 aromatic carbocycles. The van der Waals surface area contributed by atoms with Crippen molar-refractivity contribution in [3.05, 3.63) is 65.7 Å². The van der Waals surface area contributed by atoms with E-state index in [0.717, 1.165) is 25.4 Å². The minimum atomic E-state index is 0.298. The number of likely N-dealkylation sites (N-methyl/N-ethyl adjacent to an activating group) is 1. The van der Waals surface area contributed by atoms with Crippen LogP contribution in [0.2, 0.25) is 0 Å². The highest BCUT2D eigenvalue weighted by Gasteiger charge is 2.17. The molecule has 0 radical (unpaired) electrons. The summed E-state index contributed by atoms with van der Waals surface area (Å²) in [5, 5.41) is 7.33. The van der Waals surface area contributed by atoms with Gasteiger partial charge in [0.05, 0.1) is 13.2 Å². The molecule has 1 atom stereocenters. The SMILES string of the molecule is CCN(CC)[C@H](CNC(=S)NCc1ccc(OC)cc1)c1ccccc1. The average molecular weight is 372 g/mol. The number of hydrogen-bond donors (Lipinski definition) is 2. The lowest BCUT2D eigenvalue weighted by atomic mass is 10.1. The van der Waals surface area contributed by atoms with E-state index in [-0.39, 0.29) is 0 Å². The van der Waals surface area contributed by atoms with Gasteiger partial charge in [0.2, 0.25) is 0 Å². The normalized spacial score (nSPS) is 11.8. The summed E-state index contributed by atoms with van der Waals surface area (Å²) in [6, 6.07) is 18.9. The van der Waals surface area contributed by atoms with Gasteiger partial charge in [0.25, 0.3) is 0 Å². The van der Waals surface area contributed by atoms with E-state index < -0.39 is 0 Å². The average Bonchev–Trinajstić information content (AvgIpc) is 2.70. The van der Waals surface area contributed by atoms with E-state index in [1.165, 1.54) is 11.1 Å². The molecular weight excluding hydrogens is 342 g/mol. The van der Waals surface area contributed by atoms with Gasteiger partial charge in [-0.05, 0) is 48.6 Å². The molecular formula is C21H29N3OS. The number of thiocarbonyl (C=S) groups is 1. The van der Waals surface area contributed by atoms with Crippen molar-refractivity contribution in [3.63, 3.8) is 0 Å². The van der Waals surface area contributed by atoms with Gasteiger partial charge in [-0.1, -0.05) is 56.3 Å². The van der Waals surface area contributed by atoms with Crippen LogP contribution in [-0.2, 0) is 6.54 Å². The van der Waals surface area contributed by atoms with Crippen LogP contribution in [0.3, 0.4) is 0 Å². The first-order chi connectivity index (χ1) is 12.7. The van der Waals surface area contributed by atoms with Gasteiger partial charge in [0.1, 0.15) is 5.75 Å². The first kappa shape index (κ1) is 20.2. The Morgan fingerprint density at radius 2 is 1.65 bits per heavy atom. The third kappa shape index (κ3) is 6.00. The number of nitrogens with zero attached hydrogens (tertiary/aromatic N) is 1. The largest absolute Gasteiger partial charge is 0.497 e. The topological polar surface area (TPSA) is 36.5 Å². The van der Waals surface area contributed by atoms with Crippen molar-refractivity contribution in [2.24, 2.45) is 0 Å². The Hall–Kier alpha value is -2.11. The van der Waals surface area contributed by atoms with Crippen molar-refractivity contribution in [1.82, 2.24) is 15.5 Å². The number of hydrogen-bond acceptors (Lipinski definition) is 3. The van der Waals surface area contributed by atoms with Crippen molar-refractivity contribution in [3.8, 4) is 5.75 Å². The maximum Gasteiger partial charge on any atom is 0.166 e. The lowest BCUT2D eigenvalue weighted by Gasteiger charge is -2.30. The fraction of sp³-hybridized carbons (Fsp3) is 0.381. The molecule has 0 bridgehead atoms. The van der Waals surface area contributed by atoms with Crippen LogP contribution in [-0.4, -0.2) is 36.8 Å². The van der Waals surface area contributed by atoms with Crippen molar-refractivity contribution in [2.75, 3.05) is 26.7 Å². The minimum Gasteiger partial charge on any atom is -0.497 e. The van der Waals surface area contributed by atoms with Gasteiger partial charge in [0.15, 0.2) is 5.11 Å². The summed E-state index contributed by atoms with van der Waals surface area (Å²) in [6.45, 7) is 7.87. The summed E-state index contributed by atoms with van der Waals surface area (Å²) >= 11 is 5.46. The summed E-state index contributed by atoms with van der Waals surface area (Å²) in [7, 11) is 1.67. The third-order valence-corrected chi connectivity index (χ3v) is 4.79. The first-order valence-corrected chi connectivity index (χ1v) is 9.52. The van der Waals surface area contributed by atoms with Crippen molar-refractivity contribution in [1.29, 1.82) is 0 Å². The van der Waals surface area contributed by atoms with Crippen molar-refractivity contribution < 1.29 is 4.74 Å². The molecule has 2 aromatic rings. The Kier molecular flexibility index (Phi) is 8.38. The van der Waals surface area contributed by atoms with E-state index in [2.05, 4.69) is 59.7 Å². The zero-order valence-corrected chi connectivity index (χ0v) is 16.7. The first-order valence-electron chi connectivity index (χ1n) is 9.11. The highest BCUT2D eigenvalue weighted by molar-refractivity contribution is 7.80. The monoisotopic (exact) mass is 371 g/mol. The molecule has 4 nitrogen and oxygen atoms in total. The van der Waals surface area contributed by atoms with E-state index >= 15 is 0 Å². The van der Waals surface area contributed by atoms with Crippen LogP contribution in [0.4, 0.5) is 0 Å². The van der Waals surface area contributed by atoms with Gasteiger partial charge in [-0.15, -0.1) is 0 Å². The van der Waals surface area contributed by atoms with E-state index in [0.29, 0.717) is 17.7 Å². The molecule has 2 N–H and O–H groups in total. The van der Waals surface area contributed by atoms with Crippen LogP contribution in [0.5, 0.6) is 5.75 Å². The third-order valence-electron chi connectivity index (χ3n) is 4.51. The molecule has 2 rings (SSSR count). The predicted molar refractivity (Wildman–Crippen MR) is 113 cm³/mol. The Morgan fingerprint density at radius 3 is 2.23 bits per heavy atom. The summed E-state index contributed by atoms with van der Waals surface area (Å²) in [5.74, 6) is 0.861. The molecule has 0 aromatic heterocycles. The highest BCUT2D eigenvalue weighted by Crippen LogP contribution is 2.19. The molecule has 140 valence electrons. The van der Waals surface area contributed by atoms with Gasteiger partial charge >= 0.3 is 0 Å². The van der Waals surface area contributed by atoms with Gasteiger partial charge in [-0.25, -0.2) is 0 Å². The molecule has 0 aliphatic rings. The highest BCUT2D eigenvalue weighted by atomic mass is 32.1. The van der Waals surface area contributed by atoms with Gasteiger partial charge in [0, 0.05) is 13.1 Å². The molecule has 0 saturated carbocycles. The smallest absolute Gasteiger partial charge is 0.166 e. The Bertz CT molecular complexity index is 657. The molecule has 5 heteroatoms. The molecule has 0 saturated heterocycles. The van der Waals surface area contributed by atoms with Crippen molar-refractivity contribution in [2.45, 2.75) is 26.4 Å². The molecule has 0 unspecified atom stereocenters. The van der Waals surface area contributed by atoms with Crippen LogP contribution in [0.15, 0.2) is 54.6 Å². The van der Waals surface area contributed by atoms with Crippen LogP contribution in [0.1, 0.15) is 31.0 Å². The molecule has 0 heterocycles.